The smallest absolute Gasteiger partial charge is 0.341 e. The number of carboxylic acid groups (broad SMARTS) is 4. The van der Waals surface area contributed by atoms with E-state index in [1.165, 1.54) is 112 Å². The van der Waals surface area contributed by atoms with Crippen LogP contribution in [0.15, 0.2) is 212 Å². The fourth-order valence-corrected chi connectivity index (χ4v) is 16.7. The van der Waals surface area contributed by atoms with Crippen LogP contribution in [0.1, 0.15) is 139 Å². The third-order valence-corrected chi connectivity index (χ3v) is 23.6. The summed E-state index contributed by atoms with van der Waals surface area (Å²) in [7, 11) is 17.3. The number of benzene rings is 7. The fraction of sp³-hybridized carbons (Fsp3) is 0.262. The summed E-state index contributed by atoms with van der Waals surface area (Å²) in [5.74, 6) is -1.79. The maximum absolute atomic E-state index is 14.2. The van der Waals surface area contributed by atoms with Crippen molar-refractivity contribution in [2.24, 2.45) is 17.0 Å². The average Bonchev–Trinajstić information content (AvgIpc) is 1.57. The SMILES string of the molecule is COc1cc(/C=C2/N=C(CC(=O)NCc3ccco3)c3cc(F)ccc32)cc(OC)c1OCC(=O)O.COc1cc(/C=C2\c3ccc(C)cc3C(CC(=O)NCc3cccn3C)N2C)cc(OC)c1OCC(=O)O.COc1cc(/C=C2\c3ccc(F)cc3C(CC(=O)NCc3ccco3)N2C)cc(OC)c1OCC(=O)O.COc1cc(CC2=NC(CC(=O)NCc3ccco3)c3cc(F)ncc32)cc(OC)c1OCC(=O)O. The number of furan rings is 3. The molecule has 0 aliphatic carbocycles. The molecule has 0 saturated heterocycles. The normalized spacial score (nSPS) is 14.5. The molecule has 40 heteroatoms. The van der Waals surface area contributed by atoms with E-state index in [-0.39, 0.29) is 115 Å². The highest BCUT2D eigenvalue weighted by molar-refractivity contribution is 6.19. The molecule has 16 rings (SSSR count). The van der Waals surface area contributed by atoms with Crippen LogP contribution in [0.4, 0.5) is 13.2 Å². The van der Waals surface area contributed by atoms with Crippen molar-refractivity contribution >= 4 is 94.2 Å². The molecule has 4 aliphatic heterocycles. The molecule has 8 N–H and O–H groups in total. The highest BCUT2D eigenvalue weighted by atomic mass is 19.1. The van der Waals surface area contributed by atoms with Crippen LogP contribution in [0.5, 0.6) is 69.0 Å². The Bertz CT molecular complexity index is 6870. The summed E-state index contributed by atoms with van der Waals surface area (Å²) in [5, 5.41) is 47.3. The van der Waals surface area contributed by atoms with E-state index in [0.29, 0.717) is 116 Å². The van der Waals surface area contributed by atoms with E-state index in [4.69, 9.17) is 95.5 Å². The number of rotatable bonds is 41. The summed E-state index contributed by atoms with van der Waals surface area (Å²) in [5.41, 5.74) is 14.2. The lowest BCUT2D eigenvalue weighted by Crippen LogP contribution is -2.28. The quantitative estimate of drug-likeness (QED) is 0.0165. The second kappa shape index (κ2) is 49.7. The zero-order valence-corrected chi connectivity index (χ0v) is 82.1. The molecule has 12 aromatic rings. The first-order chi connectivity index (χ1) is 70.8. The Hall–Kier alpha value is -17.9. The topological polar surface area (TPSA) is 465 Å². The summed E-state index contributed by atoms with van der Waals surface area (Å²) in [6, 6.07) is 43.2. The van der Waals surface area contributed by atoms with Gasteiger partial charge in [0.2, 0.25) is 52.6 Å². The van der Waals surface area contributed by atoms with Crippen LogP contribution < -0.4 is 78.1 Å². The number of hydrogen-bond donors (Lipinski definition) is 8. The monoisotopic (exact) mass is 2020 g/mol. The summed E-state index contributed by atoms with van der Waals surface area (Å²) >= 11 is 0. The molecule has 0 fully saturated rings. The van der Waals surface area contributed by atoms with E-state index in [9.17, 15) is 51.5 Å². The Morgan fingerprint density at radius 1 is 0.408 bits per heavy atom. The van der Waals surface area contributed by atoms with Crippen molar-refractivity contribution < 1.29 is 142 Å². The average molecular weight is 2020 g/mol. The van der Waals surface area contributed by atoms with Gasteiger partial charge < -0.3 is 126 Å². The first kappa shape index (κ1) is 106. The molecule has 7 aromatic carbocycles. The third kappa shape index (κ3) is 27.3. The minimum absolute atomic E-state index is 0.0231. The lowest BCUT2D eigenvalue weighted by atomic mass is 9.98. The van der Waals surface area contributed by atoms with Gasteiger partial charge in [-0.1, -0.05) is 23.8 Å². The molecule has 0 bridgehead atoms. The Kier molecular flexibility index (Phi) is 36.0. The van der Waals surface area contributed by atoms with Gasteiger partial charge in [0.15, 0.2) is 72.4 Å². The summed E-state index contributed by atoms with van der Waals surface area (Å²) in [4.78, 5) is 112. The van der Waals surface area contributed by atoms with Gasteiger partial charge in [0.25, 0.3) is 0 Å². The van der Waals surface area contributed by atoms with Crippen LogP contribution in [0.2, 0.25) is 0 Å². The van der Waals surface area contributed by atoms with Gasteiger partial charge >= 0.3 is 23.9 Å². The van der Waals surface area contributed by atoms with Crippen LogP contribution in [0.25, 0.3) is 35.3 Å². The van der Waals surface area contributed by atoms with E-state index in [2.05, 4.69) is 54.3 Å². The number of carboxylic acids is 4. The van der Waals surface area contributed by atoms with Crippen molar-refractivity contribution in [3.63, 3.8) is 0 Å². The lowest BCUT2D eigenvalue weighted by molar-refractivity contribution is -0.140. The molecular formula is C107H107F3N10O27. The number of aromatic nitrogens is 2. The lowest BCUT2D eigenvalue weighted by Gasteiger charge is -2.24. The van der Waals surface area contributed by atoms with Crippen LogP contribution in [-0.4, -0.2) is 196 Å². The number of carbonyl (C=O) groups excluding carboxylic acids is 4. The van der Waals surface area contributed by atoms with Crippen LogP contribution in [-0.2, 0) is 78.0 Å². The predicted octanol–water partition coefficient (Wildman–Crippen LogP) is 15.1. The van der Waals surface area contributed by atoms with E-state index < -0.39 is 80.0 Å². The van der Waals surface area contributed by atoms with Gasteiger partial charge in [0.05, 0.1) is 157 Å². The molecule has 5 aromatic heterocycles. The van der Waals surface area contributed by atoms with Gasteiger partial charge in [-0.05, 0) is 204 Å². The van der Waals surface area contributed by atoms with Crippen molar-refractivity contribution in [1.82, 2.24) is 40.6 Å². The van der Waals surface area contributed by atoms with Crippen LogP contribution >= 0.6 is 0 Å². The number of nitrogens with one attached hydrogen (secondary N) is 4. The predicted molar refractivity (Wildman–Crippen MR) is 530 cm³/mol. The van der Waals surface area contributed by atoms with Crippen molar-refractivity contribution in [2.75, 3.05) is 97.4 Å². The van der Waals surface area contributed by atoms with Crippen LogP contribution in [0.3, 0.4) is 0 Å². The molecule has 4 aliphatic rings. The summed E-state index contributed by atoms with van der Waals surface area (Å²) in [6.45, 7) is 1.04. The van der Waals surface area contributed by atoms with E-state index >= 15 is 0 Å². The van der Waals surface area contributed by atoms with Crippen molar-refractivity contribution in [2.45, 2.75) is 83.3 Å². The Balaban J connectivity index is 0.000000164. The Morgan fingerprint density at radius 2 is 0.803 bits per heavy atom. The van der Waals surface area contributed by atoms with Crippen molar-refractivity contribution in [3.05, 3.63) is 302 Å². The Labute approximate surface area is 841 Å². The summed E-state index contributed by atoms with van der Waals surface area (Å²) < 4.78 is 125. The molecular weight excluding hydrogens is 1910 g/mol. The second-order valence-electron chi connectivity index (χ2n) is 33.3. The van der Waals surface area contributed by atoms with E-state index in [1.807, 2.05) is 68.0 Å². The zero-order valence-electron chi connectivity index (χ0n) is 82.1. The number of aliphatic imine (C=N–C) groups is 2. The number of amides is 4. The highest BCUT2D eigenvalue weighted by Crippen LogP contribution is 2.50. The van der Waals surface area contributed by atoms with Gasteiger partial charge in [-0.15, -0.1) is 0 Å². The van der Waals surface area contributed by atoms with Crippen LogP contribution in [0, 0.1) is 24.5 Å². The summed E-state index contributed by atoms with van der Waals surface area (Å²) in [6.07, 6.45) is 14.2. The second-order valence-corrected chi connectivity index (χ2v) is 33.3. The van der Waals surface area contributed by atoms with Crippen molar-refractivity contribution in [1.29, 1.82) is 0 Å². The molecule has 0 radical (unpaired) electrons. The maximum Gasteiger partial charge on any atom is 0.341 e. The Morgan fingerprint density at radius 3 is 1.22 bits per heavy atom. The zero-order chi connectivity index (χ0) is 105. The highest BCUT2D eigenvalue weighted by Gasteiger charge is 2.37. The maximum atomic E-state index is 14.2. The molecule has 147 heavy (non-hydrogen) atoms. The first-order valence-electron chi connectivity index (χ1n) is 45.5. The number of pyridine rings is 1. The van der Waals surface area contributed by atoms with E-state index in [1.54, 1.807) is 103 Å². The molecule has 0 saturated carbocycles. The number of methoxy groups -OCH3 is 8. The van der Waals surface area contributed by atoms with Crippen molar-refractivity contribution in [3.8, 4) is 69.0 Å². The number of aliphatic carboxylic acids is 4. The van der Waals surface area contributed by atoms with Gasteiger partial charge in [0.1, 0.15) is 28.9 Å². The number of fused-ring (bicyclic) bond motifs is 4. The van der Waals surface area contributed by atoms with Gasteiger partial charge in [-0.25, -0.2) is 32.9 Å². The molecule has 768 valence electrons. The molecule has 9 heterocycles. The number of aryl methyl sites for hydroxylation is 2. The van der Waals surface area contributed by atoms with Gasteiger partial charge in [-0.3, -0.25) is 29.2 Å². The van der Waals surface area contributed by atoms with E-state index in [0.717, 1.165) is 50.5 Å². The third-order valence-electron chi connectivity index (χ3n) is 23.6. The minimum Gasteiger partial charge on any atom is -0.493 e. The van der Waals surface area contributed by atoms with Gasteiger partial charge in [0, 0.05) is 90.6 Å². The molecule has 0 spiro atoms. The molecule has 37 nitrogen and oxygen atoms in total. The van der Waals surface area contributed by atoms with Gasteiger partial charge in [-0.2, -0.15) is 4.39 Å². The number of nitrogens with zero attached hydrogens (tertiary/aromatic N) is 6. The first-order valence-corrected chi connectivity index (χ1v) is 45.5. The fourth-order valence-electron chi connectivity index (χ4n) is 16.7. The minimum atomic E-state index is -1.14. The largest absolute Gasteiger partial charge is 0.493 e. The number of carbonyl (C=O) groups is 8. The standard InChI is InChI=1S/C29H33N3O6.C27H27FN2O7.C26H23FN2O7.C25H24FN3O7/c1-18-8-9-21-22(11-18)24(15-27(33)30-16-20-7-6-10-31(20)2)32(3)23(21)12-19-13-25(36-4)29(26(14-19)37-5)38-17-28(34)35;1-30-21(9-16-10-23(34-2)27(24(11-16)35-3)37-15-26(32)33)19-7-6-17(28)12-20(19)22(30)13-25(31)29-14-18-5-4-8-36-18;1-33-22-9-15(10-23(34-2)26(22)36-14-25(31)32)8-20-18-6-5-16(27)11-19(18)21(29-20)12-24(30)28-13-17-4-3-7-35-17;1-33-20-7-14(8-21(34-2)25(20)36-13-24(31)32)6-18-17-12-27-22(26)9-16(17)19(29-18)10-23(30)28-11-15-4-3-5-35-15/h6-14,24H,15-17H2,1-5H3,(H,30,33)(H,34,35);4-12,22H,13-15H2,1-3H3,(H,29,31)(H,32,33);3-11H,12-14H2,1-2H3,(H,28,30)(H,31,32);3-5,7-9,12,19H,6,10-11,13H2,1-2H3,(H,28,30)(H,31,32)/b23-12+;21-9+;20-8+;. The number of hydrogen-bond acceptors (Lipinski definition) is 28. The number of ether oxygens (including phenoxy) is 12. The molecule has 3 unspecified atom stereocenters. The molecule has 3 atom stereocenters. The number of halogens is 3. The molecule has 4 amide bonds.